The number of aromatic nitrogens is 2. The van der Waals surface area contributed by atoms with E-state index < -0.39 is 29.4 Å². The monoisotopic (exact) mass is 451 g/mol. The lowest BCUT2D eigenvalue weighted by molar-refractivity contribution is 0.0521. The van der Waals surface area contributed by atoms with E-state index >= 15 is 0 Å². The largest absolute Gasteiger partial charge is 0.508 e. The number of benzene rings is 2. The minimum Gasteiger partial charge on any atom is -0.508 e. The Morgan fingerprint density at radius 3 is 2.27 bits per heavy atom. The van der Waals surface area contributed by atoms with Gasteiger partial charge in [-0.1, -0.05) is 18.2 Å². The second kappa shape index (κ2) is 7.79. The number of hydrogen-bond acceptors (Lipinski definition) is 6. The minimum atomic E-state index is -0.710. The van der Waals surface area contributed by atoms with E-state index in [-0.39, 0.29) is 5.75 Å². The quantitative estimate of drug-likeness (QED) is 0.520. The van der Waals surface area contributed by atoms with E-state index in [9.17, 15) is 14.7 Å². The third kappa shape index (κ3) is 4.51. The standard InChI is InChI=1S/C25H29N3O5/c1-24(2,3)32-22(30)27-18-10-8-7-9-15(18)13-20(27)21-17-14-16(29)11-12-19(17)28(26-21)23(31)33-25(4,5)6/h7-12,14,20,29H,13H2,1-6H3. The molecule has 0 saturated heterocycles. The lowest BCUT2D eigenvalue weighted by Gasteiger charge is -2.28. The number of ether oxygens (including phenoxy) is 2. The van der Waals surface area contributed by atoms with Gasteiger partial charge >= 0.3 is 12.2 Å². The van der Waals surface area contributed by atoms with E-state index in [1.54, 1.807) is 37.8 Å². The molecule has 8 nitrogen and oxygen atoms in total. The number of phenols is 1. The van der Waals surface area contributed by atoms with Crippen LogP contribution < -0.4 is 4.90 Å². The number of amides is 1. The molecule has 1 aromatic heterocycles. The van der Waals surface area contributed by atoms with Gasteiger partial charge in [-0.15, -0.1) is 0 Å². The van der Waals surface area contributed by atoms with Crippen LogP contribution in [0, 0.1) is 0 Å². The summed E-state index contributed by atoms with van der Waals surface area (Å²) in [4.78, 5) is 27.8. The molecule has 0 aliphatic carbocycles. The van der Waals surface area contributed by atoms with Crippen LogP contribution in [0.5, 0.6) is 5.75 Å². The van der Waals surface area contributed by atoms with Gasteiger partial charge in [0.2, 0.25) is 0 Å². The molecule has 0 spiro atoms. The predicted molar refractivity (Wildman–Crippen MR) is 125 cm³/mol. The van der Waals surface area contributed by atoms with Crippen LogP contribution in [0.3, 0.4) is 0 Å². The molecule has 1 aliphatic rings. The first kappa shape index (κ1) is 22.6. The van der Waals surface area contributed by atoms with Crippen LogP contribution >= 0.6 is 0 Å². The second-order valence-corrected chi connectivity index (χ2v) is 10.2. The average molecular weight is 452 g/mol. The topological polar surface area (TPSA) is 93.9 Å². The van der Waals surface area contributed by atoms with E-state index in [1.165, 1.54) is 10.7 Å². The lowest BCUT2D eigenvalue weighted by atomic mass is 10.0. The van der Waals surface area contributed by atoms with E-state index in [0.29, 0.717) is 23.0 Å². The van der Waals surface area contributed by atoms with Crippen LogP contribution in [-0.4, -0.2) is 38.3 Å². The number of phenolic OH excluding ortho intramolecular Hbond substituents is 1. The van der Waals surface area contributed by atoms with E-state index in [0.717, 1.165) is 11.3 Å². The maximum atomic E-state index is 13.3. The Labute approximate surface area is 192 Å². The van der Waals surface area contributed by atoms with Gasteiger partial charge in [-0.2, -0.15) is 9.78 Å². The molecule has 4 rings (SSSR count). The number of carbonyl (C=O) groups excluding carboxylic acids is 2. The molecule has 33 heavy (non-hydrogen) atoms. The van der Waals surface area contributed by atoms with Crippen molar-refractivity contribution in [3.8, 4) is 5.75 Å². The average Bonchev–Trinajstić information content (AvgIpc) is 3.23. The zero-order valence-electron chi connectivity index (χ0n) is 19.7. The number of rotatable bonds is 1. The molecule has 0 bridgehead atoms. The van der Waals surface area contributed by atoms with Gasteiger partial charge in [0.25, 0.3) is 0 Å². The van der Waals surface area contributed by atoms with Gasteiger partial charge in [0.1, 0.15) is 17.0 Å². The molecule has 3 aromatic rings. The van der Waals surface area contributed by atoms with Crippen molar-refractivity contribution in [2.24, 2.45) is 0 Å². The number of nitrogens with zero attached hydrogens (tertiary/aromatic N) is 3. The molecule has 2 aromatic carbocycles. The van der Waals surface area contributed by atoms with Gasteiger partial charge in [0, 0.05) is 11.8 Å². The van der Waals surface area contributed by atoms with Crippen LogP contribution in [-0.2, 0) is 15.9 Å². The second-order valence-electron chi connectivity index (χ2n) is 10.2. The van der Waals surface area contributed by atoms with E-state index in [4.69, 9.17) is 9.47 Å². The number of aromatic hydroxyl groups is 1. The van der Waals surface area contributed by atoms with Crippen molar-refractivity contribution in [2.75, 3.05) is 4.90 Å². The number of hydrogen-bond donors (Lipinski definition) is 1. The molecular weight excluding hydrogens is 422 g/mol. The summed E-state index contributed by atoms with van der Waals surface area (Å²) in [6.45, 7) is 10.8. The molecular formula is C25H29N3O5. The highest BCUT2D eigenvalue weighted by Crippen LogP contribution is 2.43. The first-order chi connectivity index (χ1) is 15.3. The molecule has 8 heteroatoms. The summed E-state index contributed by atoms with van der Waals surface area (Å²) in [5.41, 5.74) is 1.27. The number of carbonyl (C=O) groups is 2. The third-order valence-corrected chi connectivity index (χ3v) is 5.14. The van der Waals surface area contributed by atoms with Gasteiger partial charge < -0.3 is 14.6 Å². The Bertz CT molecular complexity index is 1230. The summed E-state index contributed by atoms with van der Waals surface area (Å²) in [6.07, 6.45) is -0.646. The molecule has 1 amide bonds. The van der Waals surface area contributed by atoms with Crippen molar-refractivity contribution >= 4 is 28.8 Å². The minimum absolute atomic E-state index is 0.0341. The summed E-state index contributed by atoms with van der Waals surface area (Å²) in [5.74, 6) is 0.0341. The smallest absolute Gasteiger partial charge is 0.435 e. The van der Waals surface area contributed by atoms with Crippen molar-refractivity contribution in [1.82, 2.24) is 9.78 Å². The van der Waals surface area contributed by atoms with Crippen molar-refractivity contribution in [1.29, 1.82) is 0 Å². The van der Waals surface area contributed by atoms with Gasteiger partial charge in [0.15, 0.2) is 0 Å². The number of anilines is 1. The fourth-order valence-corrected chi connectivity index (χ4v) is 3.96. The summed E-state index contributed by atoms with van der Waals surface area (Å²) < 4.78 is 12.4. The van der Waals surface area contributed by atoms with E-state index in [1.807, 2.05) is 45.0 Å². The molecule has 174 valence electrons. The SMILES string of the molecule is CC(C)(C)OC(=O)N1c2ccccc2CC1c1nn(C(=O)OC(C)(C)C)c2ccc(O)cc12. The Kier molecular flexibility index (Phi) is 5.35. The van der Waals surface area contributed by atoms with Crippen LogP contribution in [0.15, 0.2) is 42.5 Å². The lowest BCUT2D eigenvalue weighted by Crippen LogP contribution is -2.38. The fourth-order valence-electron chi connectivity index (χ4n) is 3.96. The summed E-state index contributed by atoms with van der Waals surface area (Å²) in [5, 5.41) is 15.3. The van der Waals surface area contributed by atoms with Gasteiger partial charge in [0.05, 0.1) is 22.9 Å². The highest BCUT2D eigenvalue weighted by atomic mass is 16.6. The molecule has 1 unspecified atom stereocenters. The maximum absolute atomic E-state index is 13.3. The van der Waals surface area contributed by atoms with Crippen molar-refractivity contribution < 1.29 is 24.2 Å². The molecule has 1 N–H and O–H groups in total. The van der Waals surface area contributed by atoms with Crippen molar-refractivity contribution in [3.05, 3.63) is 53.7 Å². The summed E-state index contributed by atoms with van der Waals surface area (Å²) >= 11 is 0. The molecule has 0 radical (unpaired) electrons. The molecule has 1 atom stereocenters. The van der Waals surface area contributed by atoms with Crippen LogP contribution in [0.4, 0.5) is 15.3 Å². The van der Waals surface area contributed by atoms with E-state index in [2.05, 4.69) is 5.10 Å². The Morgan fingerprint density at radius 1 is 0.970 bits per heavy atom. The van der Waals surface area contributed by atoms with Gasteiger partial charge in [-0.3, -0.25) is 4.90 Å². The molecule has 1 aliphatic heterocycles. The Morgan fingerprint density at radius 2 is 1.61 bits per heavy atom. The Balaban J connectivity index is 1.85. The van der Waals surface area contributed by atoms with Crippen molar-refractivity contribution in [3.63, 3.8) is 0 Å². The van der Waals surface area contributed by atoms with Gasteiger partial charge in [-0.05, 0) is 71.4 Å². The zero-order valence-corrected chi connectivity index (χ0v) is 19.7. The summed E-state index contributed by atoms with van der Waals surface area (Å²) in [6, 6.07) is 11.7. The number of fused-ring (bicyclic) bond motifs is 2. The van der Waals surface area contributed by atoms with Crippen LogP contribution in [0.1, 0.15) is 58.8 Å². The highest BCUT2D eigenvalue weighted by Gasteiger charge is 2.40. The third-order valence-electron chi connectivity index (χ3n) is 5.14. The number of para-hydroxylation sites is 1. The highest BCUT2D eigenvalue weighted by molar-refractivity contribution is 5.95. The zero-order chi connectivity index (χ0) is 24.1. The first-order valence-electron chi connectivity index (χ1n) is 10.9. The summed E-state index contributed by atoms with van der Waals surface area (Å²) in [7, 11) is 0. The molecule has 0 fully saturated rings. The first-order valence-corrected chi connectivity index (χ1v) is 10.9. The predicted octanol–water partition coefficient (Wildman–Crippen LogP) is 5.56. The van der Waals surface area contributed by atoms with Crippen LogP contribution in [0.25, 0.3) is 10.9 Å². The van der Waals surface area contributed by atoms with Gasteiger partial charge in [-0.25, -0.2) is 9.59 Å². The normalized spacial score (nSPS) is 16.1. The molecule has 0 saturated carbocycles. The fraction of sp³-hybridized carbons (Fsp3) is 0.400. The van der Waals surface area contributed by atoms with Crippen LogP contribution in [0.2, 0.25) is 0 Å². The maximum Gasteiger partial charge on any atom is 0.435 e. The molecule has 2 heterocycles. The Hall–Kier alpha value is -3.55. The van der Waals surface area contributed by atoms with Crippen molar-refractivity contribution in [2.45, 2.75) is 65.2 Å².